The molecule has 0 fully saturated rings. The Labute approximate surface area is 136 Å². The summed E-state index contributed by atoms with van der Waals surface area (Å²) in [5, 5.41) is 14.8. The van der Waals surface area contributed by atoms with Gasteiger partial charge in [-0.1, -0.05) is 12.1 Å². The first-order valence-corrected chi connectivity index (χ1v) is 7.04. The molecule has 0 aliphatic carbocycles. The van der Waals surface area contributed by atoms with Crippen molar-refractivity contribution in [3.63, 3.8) is 0 Å². The lowest BCUT2D eigenvalue weighted by Crippen LogP contribution is -2.19. The largest absolute Gasteiger partial charge is 0.454 e. The average Bonchev–Trinajstić information content (AvgIpc) is 3.07. The third kappa shape index (κ3) is 3.17. The van der Waals surface area contributed by atoms with E-state index >= 15 is 0 Å². The van der Waals surface area contributed by atoms with Crippen molar-refractivity contribution in [3.8, 4) is 11.5 Å². The molecule has 24 heavy (non-hydrogen) atoms. The van der Waals surface area contributed by atoms with Gasteiger partial charge in [-0.25, -0.2) is 5.43 Å². The summed E-state index contributed by atoms with van der Waals surface area (Å²) < 4.78 is 10.4. The minimum Gasteiger partial charge on any atom is -0.454 e. The number of nitro groups is 1. The molecule has 1 N–H and O–H groups in total. The standard InChI is InChI=1S/C16H13N3O5/c1-10(11-3-2-4-13(7-11)19(21)22)17-18-16(20)12-5-6-14-15(8-12)24-9-23-14/h2-8H,9H2,1H3,(H,18,20). The molecule has 1 heterocycles. The molecule has 1 aliphatic rings. The maximum atomic E-state index is 12.1. The molecule has 0 unspecified atom stereocenters. The third-order valence-corrected chi connectivity index (χ3v) is 3.43. The van der Waals surface area contributed by atoms with E-state index in [1.807, 2.05) is 0 Å². The highest BCUT2D eigenvalue weighted by molar-refractivity contribution is 6.01. The number of benzene rings is 2. The van der Waals surface area contributed by atoms with Crippen molar-refractivity contribution in [2.75, 3.05) is 6.79 Å². The number of ether oxygens (including phenoxy) is 2. The zero-order valence-corrected chi connectivity index (χ0v) is 12.7. The third-order valence-electron chi connectivity index (χ3n) is 3.43. The Morgan fingerprint density at radius 2 is 1.96 bits per heavy atom. The molecule has 0 saturated heterocycles. The summed E-state index contributed by atoms with van der Waals surface area (Å²) in [4.78, 5) is 22.4. The first-order chi connectivity index (χ1) is 11.5. The molecule has 0 radical (unpaired) electrons. The summed E-state index contributed by atoms with van der Waals surface area (Å²) in [6.07, 6.45) is 0. The lowest BCUT2D eigenvalue weighted by atomic mass is 10.1. The van der Waals surface area contributed by atoms with Crippen molar-refractivity contribution in [1.29, 1.82) is 0 Å². The van der Waals surface area contributed by atoms with E-state index in [1.54, 1.807) is 37.3 Å². The van der Waals surface area contributed by atoms with E-state index < -0.39 is 10.8 Å². The smallest absolute Gasteiger partial charge is 0.271 e. The lowest BCUT2D eigenvalue weighted by Gasteiger charge is -2.04. The Balaban J connectivity index is 1.73. The van der Waals surface area contributed by atoms with E-state index in [-0.39, 0.29) is 12.5 Å². The van der Waals surface area contributed by atoms with Crippen LogP contribution < -0.4 is 14.9 Å². The topological polar surface area (TPSA) is 103 Å². The number of carbonyl (C=O) groups excluding carboxylic acids is 1. The van der Waals surface area contributed by atoms with Crippen LogP contribution in [0.2, 0.25) is 0 Å². The first-order valence-electron chi connectivity index (χ1n) is 7.04. The molecule has 0 saturated carbocycles. The summed E-state index contributed by atoms with van der Waals surface area (Å²) in [6.45, 7) is 1.78. The maximum absolute atomic E-state index is 12.1. The summed E-state index contributed by atoms with van der Waals surface area (Å²) >= 11 is 0. The SMILES string of the molecule is CC(=NNC(=O)c1ccc2c(c1)OCO2)c1cccc([N+](=O)[O-])c1. The number of hydrogen-bond donors (Lipinski definition) is 1. The van der Waals surface area contributed by atoms with Crippen LogP contribution in [0.4, 0.5) is 5.69 Å². The van der Waals surface area contributed by atoms with E-state index in [1.165, 1.54) is 12.1 Å². The van der Waals surface area contributed by atoms with E-state index in [0.29, 0.717) is 28.3 Å². The van der Waals surface area contributed by atoms with Crippen LogP contribution in [0.5, 0.6) is 11.5 Å². The van der Waals surface area contributed by atoms with Crippen molar-refractivity contribution in [2.24, 2.45) is 5.10 Å². The number of non-ortho nitro benzene ring substituents is 1. The Bertz CT molecular complexity index is 847. The number of nitro benzene ring substituents is 1. The van der Waals surface area contributed by atoms with Gasteiger partial charge in [-0.15, -0.1) is 0 Å². The van der Waals surface area contributed by atoms with Crippen LogP contribution in [-0.4, -0.2) is 23.3 Å². The summed E-state index contributed by atoms with van der Waals surface area (Å²) in [7, 11) is 0. The molecule has 0 bridgehead atoms. The summed E-state index contributed by atoms with van der Waals surface area (Å²) in [6, 6.07) is 10.8. The van der Waals surface area contributed by atoms with Crippen LogP contribution in [0.25, 0.3) is 0 Å². The Morgan fingerprint density at radius 3 is 2.75 bits per heavy atom. The lowest BCUT2D eigenvalue weighted by molar-refractivity contribution is -0.384. The quantitative estimate of drug-likeness (QED) is 0.528. The number of nitrogens with one attached hydrogen (secondary N) is 1. The van der Waals surface area contributed by atoms with Crippen LogP contribution in [0.3, 0.4) is 0 Å². The predicted octanol–water partition coefficient (Wildman–Crippen LogP) is 2.48. The molecule has 8 nitrogen and oxygen atoms in total. The normalized spacial score (nSPS) is 12.8. The fourth-order valence-corrected chi connectivity index (χ4v) is 2.15. The van der Waals surface area contributed by atoms with Crippen molar-refractivity contribution in [2.45, 2.75) is 6.92 Å². The molecule has 1 amide bonds. The minimum absolute atomic E-state index is 0.0378. The molecule has 8 heteroatoms. The molecule has 0 spiro atoms. The predicted molar refractivity (Wildman–Crippen MR) is 85.3 cm³/mol. The van der Waals surface area contributed by atoms with Crippen molar-refractivity contribution < 1.29 is 19.2 Å². The molecule has 0 aromatic heterocycles. The Hall–Kier alpha value is -3.42. The average molecular weight is 327 g/mol. The van der Waals surface area contributed by atoms with Gasteiger partial charge in [0, 0.05) is 23.3 Å². The van der Waals surface area contributed by atoms with Crippen molar-refractivity contribution in [1.82, 2.24) is 5.43 Å². The fourth-order valence-electron chi connectivity index (χ4n) is 2.15. The number of carbonyl (C=O) groups is 1. The number of nitrogens with zero attached hydrogens (tertiary/aromatic N) is 2. The number of hydrazone groups is 1. The van der Waals surface area contributed by atoms with Gasteiger partial charge in [-0.2, -0.15) is 5.10 Å². The summed E-state index contributed by atoms with van der Waals surface area (Å²) in [5.74, 6) is 0.669. The monoisotopic (exact) mass is 327 g/mol. The van der Waals surface area contributed by atoms with Crippen molar-refractivity contribution >= 4 is 17.3 Å². The van der Waals surface area contributed by atoms with Gasteiger partial charge in [0.25, 0.3) is 11.6 Å². The highest BCUT2D eigenvalue weighted by Gasteiger charge is 2.16. The van der Waals surface area contributed by atoms with Crippen LogP contribution in [0.15, 0.2) is 47.6 Å². The van der Waals surface area contributed by atoms with Gasteiger partial charge in [-0.05, 0) is 25.1 Å². The Kier molecular flexibility index (Phi) is 4.11. The van der Waals surface area contributed by atoms with Gasteiger partial charge in [0.05, 0.1) is 10.6 Å². The molecule has 122 valence electrons. The maximum Gasteiger partial charge on any atom is 0.271 e. The van der Waals surface area contributed by atoms with E-state index in [0.717, 1.165) is 0 Å². The highest BCUT2D eigenvalue weighted by Crippen LogP contribution is 2.32. The number of hydrogen-bond acceptors (Lipinski definition) is 6. The van der Waals surface area contributed by atoms with Crippen LogP contribution >= 0.6 is 0 Å². The zero-order chi connectivity index (χ0) is 17.1. The molecular weight excluding hydrogens is 314 g/mol. The molecule has 0 atom stereocenters. The van der Waals surface area contributed by atoms with Gasteiger partial charge in [-0.3, -0.25) is 14.9 Å². The Morgan fingerprint density at radius 1 is 1.17 bits per heavy atom. The second-order valence-corrected chi connectivity index (χ2v) is 5.01. The van der Waals surface area contributed by atoms with E-state index in [9.17, 15) is 14.9 Å². The fraction of sp³-hybridized carbons (Fsp3) is 0.125. The van der Waals surface area contributed by atoms with Crippen LogP contribution in [-0.2, 0) is 0 Å². The number of rotatable bonds is 4. The van der Waals surface area contributed by atoms with Gasteiger partial charge >= 0.3 is 0 Å². The van der Waals surface area contributed by atoms with Gasteiger partial charge in [0.1, 0.15) is 0 Å². The van der Waals surface area contributed by atoms with Gasteiger partial charge < -0.3 is 9.47 Å². The minimum atomic E-state index is -0.484. The van der Waals surface area contributed by atoms with E-state index in [4.69, 9.17) is 9.47 Å². The second kappa shape index (κ2) is 6.37. The van der Waals surface area contributed by atoms with Crippen LogP contribution in [0.1, 0.15) is 22.8 Å². The molecule has 3 rings (SSSR count). The summed E-state index contributed by atoms with van der Waals surface area (Å²) in [5.41, 5.74) is 3.76. The highest BCUT2D eigenvalue weighted by atomic mass is 16.7. The van der Waals surface area contributed by atoms with E-state index in [2.05, 4.69) is 10.5 Å². The second-order valence-electron chi connectivity index (χ2n) is 5.01. The van der Waals surface area contributed by atoms with Gasteiger partial charge in [0.2, 0.25) is 6.79 Å². The number of fused-ring (bicyclic) bond motifs is 1. The first kappa shape index (κ1) is 15.5. The molecule has 1 aliphatic heterocycles. The number of amides is 1. The molecule has 2 aromatic rings. The van der Waals surface area contributed by atoms with Crippen molar-refractivity contribution in [3.05, 3.63) is 63.7 Å². The molecular formula is C16H13N3O5. The molecule has 2 aromatic carbocycles. The van der Waals surface area contributed by atoms with Gasteiger partial charge in [0.15, 0.2) is 11.5 Å². The van der Waals surface area contributed by atoms with Crippen LogP contribution in [0, 0.1) is 10.1 Å². The zero-order valence-electron chi connectivity index (χ0n) is 12.7.